The van der Waals surface area contributed by atoms with Crippen molar-refractivity contribution in [3.63, 3.8) is 0 Å². The van der Waals surface area contributed by atoms with Crippen molar-refractivity contribution >= 4 is 17.3 Å². The van der Waals surface area contributed by atoms with Crippen molar-refractivity contribution in [3.8, 4) is 17.0 Å². The van der Waals surface area contributed by atoms with Crippen LogP contribution in [0.2, 0.25) is 0 Å². The Morgan fingerprint density at radius 2 is 1.82 bits per heavy atom. The van der Waals surface area contributed by atoms with E-state index in [0.29, 0.717) is 12.6 Å². The first-order chi connectivity index (χ1) is 16.8. The van der Waals surface area contributed by atoms with E-state index >= 15 is 0 Å². The van der Waals surface area contributed by atoms with Crippen molar-refractivity contribution in [2.45, 2.75) is 19.4 Å². The molecular formula is C27H31N5O2. The quantitative estimate of drug-likeness (QED) is 0.520. The molecule has 2 N–H and O–H groups in total. The second-order valence-corrected chi connectivity index (χ2v) is 8.44. The van der Waals surface area contributed by atoms with Gasteiger partial charge >= 0.3 is 0 Å². The number of rotatable bonds is 1. The van der Waals surface area contributed by atoms with Crippen LogP contribution in [0.1, 0.15) is 18.4 Å². The second kappa shape index (κ2) is 11.1. The van der Waals surface area contributed by atoms with Crippen molar-refractivity contribution < 1.29 is 9.47 Å². The first kappa shape index (κ1) is 22.4. The fourth-order valence-electron chi connectivity index (χ4n) is 4.26. The lowest BCUT2D eigenvalue weighted by molar-refractivity contribution is 0.122. The summed E-state index contributed by atoms with van der Waals surface area (Å²) in [7, 11) is 0. The minimum absolute atomic E-state index is 0.573. The highest BCUT2D eigenvalue weighted by Crippen LogP contribution is 2.28. The average Bonchev–Trinajstić information content (AvgIpc) is 2.88. The van der Waals surface area contributed by atoms with Crippen molar-refractivity contribution in [2.75, 3.05) is 49.7 Å². The van der Waals surface area contributed by atoms with Gasteiger partial charge in [0.05, 0.1) is 25.5 Å². The number of morpholine rings is 1. The molecule has 0 atom stereocenters. The zero-order valence-electron chi connectivity index (χ0n) is 19.4. The summed E-state index contributed by atoms with van der Waals surface area (Å²) >= 11 is 0. The first-order valence-corrected chi connectivity index (χ1v) is 12.0. The minimum Gasteiger partial charge on any atom is -0.493 e. The van der Waals surface area contributed by atoms with E-state index in [9.17, 15) is 0 Å². The average molecular weight is 458 g/mol. The lowest BCUT2D eigenvalue weighted by Crippen LogP contribution is -2.37. The van der Waals surface area contributed by atoms with Gasteiger partial charge in [0, 0.05) is 42.8 Å². The molecule has 2 aromatic carbocycles. The molecule has 2 aliphatic heterocycles. The van der Waals surface area contributed by atoms with Crippen molar-refractivity contribution in [1.82, 2.24) is 15.3 Å². The van der Waals surface area contributed by atoms with E-state index < -0.39 is 0 Å². The molecule has 0 spiro atoms. The van der Waals surface area contributed by atoms with Crippen LogP contribution in [0.4, 0.5) is 17.3 Å². The number of hydrogen-bond donors (Lipinski definition) is 2. The Morgan fingerprint density at radius 1 is 0.912 bits per heavy atom. The van der Waals surface area contributed by atoms with Crippen LogP contribution >= 0.6 is 0 Å². The number of nitrogens with one attached hydrogen (secondary N) is 2. The lowest BCUT2D eigenvalue weighted by atomic mass is 10.1. The Balaban J connectivity index is 1.45. The van der Waals surface area contributed by atoms with Gasteiger partial charge in [-0.3, -0.25) is 0 Å². The Labute approximate surface area is 200 Å². The molecule has 0 aliphatic carbocycles. The van der Waals surface area contributed by atoms with Crippen LogP contribution in [0.3, 0.4) is 0 Å². The zero-order valence-corrected chi connectivity index (χ0v) is 19.4. The third kappa shape index (κ3) is 5.73. The SMILES string of the molecule is C1=C/CCOc2cccc(c2)-c2ccnc(n2)Nc2ccc(N3CCOCC3)c(c2)CNCC/1. The molecule has 7 heteroatoms. The Bertz CT molecular complexity index is 1130. The van der Waals surface area contributed by atoms with E-state index in [1.165, 1.54) is 11.3 Å². The molecule has 0 unspecified atom stereocenters. The summed E-state index contributed by atoms with van der Waals surface area (Å²) in [5.74, 6) is 1.42. The molecule has 7 nitrogen and oxygen atoms in total. The van der Waals surface area contributed by atoms with Gasteiger partial charge in [-0.15, -0.1) is 0 Å². The van der Waals surface area contributed by atoms with E-state index in [-0.39, 0.29) is 0 Å². The molecule has 0 saturated carbocycles. The molecule has 6 bridgehead atoms. The molecule has 0 amide bonds. The molecule has 5 rings (SSSR count). The van der Waals surface area contributed by atoms with Gasteiger partial charge in [-0.25, -0.2) is 9.97 Å². The van der Waals surface area contributed by atoms with Gasteiger partial charge in [0.1, 0.15) is 5.75 Å². The largest absolute Gasteiger partial charge is 0.493 e. The normalized spacial score (nSPS) is 17.9. The van der Waals surface area contributed by atoms with Gasteiger partial charge < -0.3 is 25.0 Å². The lowest BCUT2D eigenvalue weighted by Gasteiger charge is -2.31. The second-order valence-electron chi connectivity index (χ2n) is 8.44. The molecule has 176 valence electrons. The summed E-state index contributed by atoms with van der Waals surface area (Å²) in [6.45, 7) is 5.73. The maximum atomic E-state index is 5.95. The number of aromatic nitrogens is 2. The van der Waals surface area contributed by atoms with Crippen LogP contribution in [0.5, 0.6) is 5.75 Å². The number of nitrogens with zero attached hydrogens (tertiary/aromatic N) is 3. The van der Waals surface area contributed by atoms with E-state index in [1.807, 2.05) is 30.3 Å². The number of ether oxygens (including phenoxy) is 2. The molecule has 3 heterocycles. The van der Waals surface area contributed by atoms with E-state index in [1.54, 1.807) is 6.20 Å². The van der Waals surface area contributed by atoms with E-state index in [2.05, 4.69) is 50.9 Å². The number of fused-ring (bicyclic) bond motifs is 7. The van der Waals surface area contributed by atoms with Crippen molar-refractivity contribution in [2.24, 2.45) is 0 Å². The highest BCUT2D eigenvalue weighted by Gasteiger charge is 2.15. The summed E-state index contributed by atoms with van der Waals surface area (Å²) in [6.07, 6.45) is 8.08. The third-order valence-electron chi connectivity index (χ3n) is 6.00. The van der Waals surface area contributed by atoms with Crippen LogP contribution in [-0.4, -0.2) is 49.4 Å². The van der Waals surface area contributed by atoms with Gasteiger partial charge in [0.2, 0.25) is 5.95 Å². The summed E-state index contributed by atoms with van der Waals surface area (Å²) in [5, 5.41) is 7.00. The predicted octanol–water partition coefficient (Wildman–Crippen LogP) is 4.54. The molecular weight excluding hydrogens is 426 g/mol. The Kier molecular flexibility index (Phi) is 7.33. The smallest absolute Gasteiger partial charge is 0.227 e. The topological polar surface area (TPSA) is 71.5 Å². The van der Waals surface area contributed by atoms with E-state index in [0.717, 1.165) is 74.9 Å². The fraction of sp³-hybridized carbons (Fsp3) is 0.333. The third-order valence-corrected chi connectivity index (χ3v) is 6.00. The van der Waals surface area contributed by atoms with Gasteiger partial charge in [-0.2, -0.15) is 0 Å². The molecule has 1 fully saturated rings. The van der Waals surface area contributed by atoms with Crippen LogP contribution in [0, 0.1) is 0 Å². The molecule has 3 aromatic rings. The summed E-state index contributed by atoms with van der Waals surface area (Å²) in [5.41, 5.74) is 5.34. The molecule has 34 heavy (non-hydrogen) atoms. The van der Waals surface area contributed by atoms with Crippen LogP contribution in [0.25, 0.3) is 11.3 Å². The first-order valence-electron chi connectivity index (χ1n) is 12.0. The Morgan fingerprint density at radius 3 is 2.76 bits per heavy atom. The number of hydrogen-bond acceptors (Lipinski definition) is 7. The summed E-state index contributed by atoms with van der Waals surface area (Å²) < 4.78 is 11.5. The van der Waals surface area contributed by atoms with Crippen molar-refractivity contribution in [3.05, 3.63) is 72.4 Å². The number of anilines is 3. The maximum absolute atomic E-state index is 5.95. The monoisotopic (exact) mass is 457 g/mol. The molecule has 1 saturated heterocycles. The van der Waals surface area contributed by atoms with Crippen LogP contribution < -0.4 is 20.3 Å². The predicted molar refractivity (Wildman–Crippen MR) is 136 cm³/mol. The fourth-order valence-corrected chi connectivity index (χ4v) is 4.26. The molecule has 0 radical (unpaired) electrons. The van der Waals surface area contributed by atoms with Gasteiger partial charge in [0.25, 0.3) is 0 Å². The van der Waals surface area contributed by atoms with Crippen LogP contribution in [0.15, 0.2) is 66.9 Å². The number of benzene rings is 2. The summed E-state index contributed by atoms with van der Waals surface area (Å²) in [6, 6.07) is 16.5. The van der Waals surface area contributed by atoms with Gasteiger partial charge in [-0.1, -0.05) is 24.3 Å². The maximum Gasteiger partial charge on any atom is 0.227 e. The zero-order chi connectivity index (χ0) is 23.0. The van der Waals surface area contributed by atoms with Gasteiger partial charge in [0.15, 0.2) is 0 Å². The standard InChI is InChI=1S/C27H31N5O2/c1-2-4-15-34-24-7-5-6-21(19-24)25-10-12-29-27(31-25)30-23-8-9-26(32-13-16-33-17-14-32)22(18-23)20-28-11-3-1/h1-2,5-10,12,18-19,28H,3-4,11,13-17,20H2,(H,29,30,31)/b2-1+. The highest BCUT2D eigenvalue weighted by molar-refractivity contribution is 5.66. The minimum atomic E-state index is 0.573. The van der Waals surface area contributed by atoms with Gasteiger partial charge in [-0.05, 0) is 61.3 Å². The molecule has 2 aliphatic rings. The highest BCUT2D eigenvalue weighted by atomic mass is 16.5. The summed E-state index contributed by atoms with van der Waals surface area (Å²) in [4.78, 5) is 11.6. The molecule has 1 aromatic heterocycles. The Hall–Kier alpha value is -3.42. The van der Waals surface area contributed by atoms with E-state index in [4.69, 9.17) is 14.5 Å². The van der Waals surface area contributed by atoms with Crippen molar-refractivity contribution in [1.29, 1.82) is 0 Å². The van der Waals surface area contributed by atoms with Crippen LogP contribution in [-0.2, 0) is 11.3 Å².